The van der Waals surface area contributed by atoms with Crippen LogP contribution in [0.15, 0.2) is 48.9 Å². The maximum absolute atomic E-state index is 14.0. The van der Waals surface area contributed by atoms with Crippen molar-refractivity contribution in [1.82, 2.24) is 29.5 Å². The van der Waals surface area contributed by atoms with Gasteiger partial charge in [0.1, 0.15) is 12.1 Å². The third-order valence-electron chi connectivity index (χ3n) is 11.0. The largest absolute Gasteiger partial charge is 0.493 e. The highest BCUT2D eigenvalue weighted by Crippen LogP contribution is 2.50. The number of aromatic nitrogens is 4. The van der Waals surface area contributed by atoms with Gasteiger partial charge in [-0.1, -0.05) is 18.2 Å². The number of carbonyl (C=O) groups excluding carboxylic acids is 1. The Labute approximate surface area is 291 Å². The van der Waals surface area contributed by atoms with Gasteiger partial charge in [0, 0.05) is 56.8 Å². The Morgan fingerprint density at radius 1 is 1.04 bits per heavy atom. The Bertz CT molecular complexity index is 1860. The van der Waals surface area contributed by atoms with E-state index in [1.807, 2.05) is 4.90 Å². The number of piperazine rings is 1. The molecule has 2 aromatic carbocycles. The van der Waals surface area contributed by atoms with Crippen molar-refractivity contribution in [3.8, 4) is 11.5 Å². The normalized spacial score (nSPS) is 21.0. The summed E-state index contributed by atoms with van der Waals surface area (Å²) >= 11 is 0. The summed E-state index contributed by atoms with van der Waals surface area (Å²) in [4.78, 5) is 41.0. The molecule has 1 saturated heterocycles. The average molecular weight is 684 g/mol. The van der Waals surface area contributed by atoms with Gasteiger partial charge in [-0.25, -0.2) is 14.6 Å². The first-order chi connectivity index (χ1) is 24.4. The molecule has 1 saturated carbocycles. The maximum atomic E-state index is 14.0. The van der Waals surface area contributed by atoms with Crippen molar-refractivity contribution in [2.24, 2.45) is 11.7 Å². The van der Waals surface area contributed by atoms with Gasteiger partial charge in [-0.2, -0.15) is 5.10 Å². The van der Waals surface area contributed by atoms with E-state index in [4.69, 9.17) is 15.2 Å². The van der Waals surface area contributed by atoms with Crippen molar-refractivity contribution in [1.29, 1.82) is 0 Å². The molecule has 1 aliphatic carbocycles. The molecule has 14 heteroatoms. The monoisotopic (exact) mass is 683 g/mol. The van der Waals surface area contributed by atoms with Crippen LogP contribution in [0.25, 0.3) is 11.0 Å². The SMILES string of the molecule is COc1cc2c(cc1OC)[C@]1(CC[C@H](C(=O)N3CCN(c4ncnc5c4cnn5Cc4ccccc4[N+](=O)[O-])CC3)CC1)N(CCCN)CC2. The molecule has 2 fully saturated rings. The standard InChI is InChI=1S/C36H45N9O5/c1-49-31-20-26-10-15-43(14-5-13-37)36(29(26)21-32(31)50-2)11-8-25(9-12-36)35(46)42-18-16-41(17-19-42)33-28-22-40-44(34(28)39-24-38-33)23-27-6-3-4-7-30(27)45(47)48/h3-4,6-7,20-22,24-25H,5,8-19,23,37H2,1-2H3/t25-,36+. The predicted molar refractivity (Wildman–Crippen MR) is 188 cm³/mol. The fourth-order valence-electron chi connectivity index (χ4n) is 8.37. The Morgan fingerprint density at radius 3 is 2.50 bits per heavy atom. The summed E-state index contributed by atoms with van der Waals surface area (Å²) in [5.41, 5.74) is 9.64. The first kappa shape index (κ1) is 33.7. The number of methoxy groups -OCH3 is 2. The lowest BCUT2D eigenvalue weighted by Crippen LogP contribution is -2.55. The number of carbonyl (C=O) groups is 1. The molecule has 2 N–H and O–H groups in total. The van der Waals surface area contributed by atoms with Gasteiger partial charge in [0.2, 0.25) is 5.91 Å². The van der Waals surface area contributed by atoms with Gasteiger partial charge in [0.25, 0.3) is 5.69 Å². The molecule has 1 spiro atoms. The number of nitrogens with two attached hydrogens (primary N) is 1. The van der Waals surface area contributed by atoms with Gasteiger partial charge >= 0.3 is 0 Å². The minimum Gasteiger partial charge on any atom is -0.493 e. The topological polar surface area (TPSA) is 158 Å². The third kappa shape index (κ3) is 6.10. The Morgan fingerprint density at radius 2 is 1.78 bits per heavy atom. The number of amides is 1. The van der Waals surface area contributed by atoms with Gasteiger partial charge in [0.05, 0.1) is 42.8 Å². The minimum absolute atomic E-state index is 0.0138. The van der Waals surface area contributed by atoms with Crippen LogP contribution in [-0.4, -0.2) is 100 Å². The second kappa shape index (κ2) is 14.2. The molecular formula is C36H45N9O5. The molecule has 1 amide bonds. The average Bonchev–Trinajstić information content (AvgIpc) is 3.57. The van der Waals surface area contributed by atoms with Crippen LogP contribution in [0.2, 0.25) is 0 Å². The number of fused-ring (bicyclic) bond motifs is 3. The van der Waals surface area contributed by atoms with Crippen molar-refractivity contribution in [3.63, 3.8) is 0 Å². The van der Waals surface area contributed by atoms with Crippen molar-refractivity contribution >= 4 is 28.4 Å². The van der Waals surface area contributed by atoms with Crippen molar-refractivity contribution in [2.45, 2.75) is 50.6 Å². The fraction of sp³-hybridized carbons (Fsp3) is 0.500. The molecular weight excluding hydrogens is 638 g/mol. The van der Waals surface area contributed by atoms with E-state index in [1.165, 1.54) is 23.5 Å². The van der Waals surface area contributed by atoms with Crippen molar-refractivity contribution in [2.75, 3.05) is 64.9 Å². The van der Waals surface area contributed by atoms with Crippen LogP contribution in [0.5, 0.6) is 11.5 Å². The van der Waals surface area contributed by atoms with E-state index in [0.717, 1.165) is 74.3 Å². The summed E-state index contributed by atoms with van der Waals surface area (Å²) in [5, 5.41) is 16.9. The number of rotatable bonds is 10. The summed E-state index contributed by atoms with van der Waals surface area (Å²) in [7, 11) is 3.36. The Hall–Kier alpha value is -4.82. The Kier molecular flexibility index (Phi) is 9.56. The highest BCUT2D eigenvalue weighted by atomic mass is 16.6. The second-order valence-electron chi connectivity index (χ2n) is 13.5. The minimum atomic E-state index is -0.379. The van der Waals surface area contributed by atoms with Crippen LogP contribution >= 0.6 is 0 Å². The summed E-state index contributed by atoms with van der Waals surface area (Å²) in [6.07, 6.45) is 8.60. The lowest BCUT2D eigenvalue weighted by atomic mass is 9.68. The molecule has 0 unspecified atom stereocenters. The van der Waals surface area contributed by atoms with E-state index in [9.17, 15) is 14.9 Å². The molecule has 2 aromatic heterocycles. The lowest BCUT2D eigenvalue weighted by Gasteiger charge is -2.52. The quantitative estimate of drug-likeness (QED) is 0.192. The van der Waals surface area contributed by atoms with Gasteiger partial charge in [-0.3, -0.25) is 19.8 Å². The molecule has 264 valence electrons. The molecule has 4 aromatic rings. The van der Waals surface area contributed by atoms with Crippen LogP contribution in [-0.2, 0) is 23.3 Å². The van der Waals surface area contributed by atoms with E-state index in [0.29, 0.717) is 43.9 Å². The van der Waals surface area contributed by atoms with E-state index in [1.54, 1.807) is 43.3 Å². The lowest BCUT2D eigenvalue weighted by molar-refractivity contribution is -0.385. The van der Waals surface area contributed by atoms with Crippen LogP contribution < -0.4 is 20.1 Å². The molecule has 3 aliphatic rings. The van der Waals surface area contributed by atoms with Gasteiger partial charge in [-0.05, 0) is 68.3 Å². The molecule has 0 atom stereocenters. The van der Waals surface area contributed by atoms with Crippen LogP contribution in [0.4, 0.5) is 11.5 Å². The Balaban J connectivity index is 1.02. The first-order valence-electron chi connectivity index (χ1n) is 17.5. The summed E-state index contributed by atoms with van der Waals surface area (Å²) < 4.78 is 13.0. The van der Waals surface area contributed by atoms with Gasteiger partial charge in [-0.15, -0.1) is 0 Å². The number of ether oxygens (including phenoxy) is 2. The zero-order valence-electron chi connectivity index (χ0n) is 28.8. The molecule has 50 heavy (non-hydrogen) atoms. The highest BCUT2D eigenvalue weighted by molar-refractivity contribution is 5.87. The zero-order chi connectivity index (χ0) is 34.8. The number of anilines is 1. The predicted octanol–water partition coefficient (Wildman–Crippen LogP) is 3.74. The van der Waals surface area contributed by atoms with E-state index in [2.05, 4.69) is 37.0 Å². The molecule has 14 nitrogen and oxygen atoms in total. The number of nitro groups is 1. The number of para-hydroxylation sites is 1. The van der Waals surface area contributed by atoms with Crippen LogP contribution in [0, 0.1) is 16.0 Å². The highest BCUT2D eigenvalue weighted by Gasteiger charge is 2.47. The molecule has 0 radical (unpaired) electrons. The second-order valence-corrected chi connectivity index (χ2v) is 13.5. The number of benzene rings is 2. The first-order valence-corrected chi connectivity index (χ1v) is 17.5. The summed E-state index contributed by atoms with van der Waals surface area (Å²) in [6, 6.07) is 11.0. The summed E-state index contributed by atoms with van der Waals surface area (Å²) in [5.74, 6) is 2.49. The number of hydrogen-bond donors (Lipinski definition) is 1. The summed E-state index contributed by atoms with van der Waals surface area (Å²) in [6.45, 7) is 5.28. The molecule has 2 aliphatic heterocycles. The van der Waals surface area contributed by atoms with E-state index < -0.39 is 0 Å². The van der Waals surface area contributed by atoms with E-state index in [-0.39, 0.29) is 34.5 Å². The third-order valence-corrected chi connectivity index (χ3v) is 11.0. The van der Waals surface area contributed by atoms with E-state index >= 15 is 0 Å². The smallest absolute Gasteiger partial charge is 0.274 e. The van der Waals surface area contributed by atoms with Crippen LogP contribution in [0.1, 0.15) is 48.8 Å². The molecule has 4 heterocycles. The number of nitrogens with zero attached hydrogens (tertiary/aromatic N) is 8. The molecule has 0 bridgehead atoms. The maximum Gasteiger partial charge on any atom is 0.274 e. The van der Waals surface area contributed by atoms with Crippen molar-refractivity contribution in [3.05, 3.63) is 75.7 Å². The molecule has 7 rings (SSSR count). The van der Waals surface area contributed by atoms with Crippen molar-refractivity contribution < 1.29 is 19.2 Å². The number of hydrogen-bond acceptors (Lipinski definition) is 11. The van der Waals surface area contributed by atoms with Gasteiger partial charge in [0.15, 0.2) is 17.1 Å². The van der Waals surface area contributed by atoms with Crippen LogP contribution in [0.3, 0.4) is 0 Å². The fourth-order valence-corrected chi connectivity index (χ4v) is 8.37. The zero-order valence-corrected chi connectivity index (χ0v) is 28.8. The van der Waals surface area contributed by atoms with Gasteiger partial charge < -0.3 is 25.0 Å². The number of nitro benzene ring substituents is 1.